The summed E-state index contributed by atoms with van der Waals surface area (Å²) in [4.78, 5) is 22.9. The van der Waals surface area contributed by atoms with Gasteiger partial charge in [0.15, 0.2) is 0 Å². The molecule has 2 aliphatic heterocycles. The number of piperidine rings is 1. The van der Waals surface area contributed by atoms with Gasteiger partial charge in [-0.3, -0.25) is 14.9 Å². The topological polar surface area (TPSA) is 122 Å². The molecule has 0 bridgehead atoms. The Morgan fingerprint density at radius 3 is 2.79 bits per heavy atom. The summed E-state index contributed by atoms with van der Waals surface area (Å²) in [5, 5.41) is 17.2. The van der Waals surface area contributed by atoms with Gasteiger partial charge in [0.25, 0.3) is 5.69 Å². The summed E-state index contributed by atoms with van der Waals surface area (Å²) in [6.07, 6.45) is 1.82. The number of sulfonamides is 1. The standard InChI is InChI=1S/C17H24N4O5S.ClH/c1-12-11-18-8-7-15(12)19-17(22)16-6-3-9-20(16)27(25,26)14-5-2-4-13(10-14)21(23)24;/h2,4-5,10,12,15-16,18H,3,6-9,11H2,1H3,(H,19,22);1H. The number of halogens is 1. The first-order valence-electron chi connectivity index (χ1n) is 9.08. The number of rotatable bonds is 5. The van der Waals surface area contributed by atoms with Gasteiger partial charge in [-0.05, 0) is 44.3 Å². The number of non-ortho nitro benzene ring substituents is 1. The van der Waals surface area contributed by atoms with E-state index >= 15 is 0 Å². The maximum atomic E-state index is 13.0. The van der Waals surface area contributed by atoms with Gasteiger partial charge in [-0.1, -0.05) is 13.0 Å². The zero-order chi connectivity index (χ0) is 19.6. The number of nitro benzene ring substituents is 1. The number of amides is 1. The number of nitro groups is 1. The van der Waals surface area contributed by atoms with Crippen LogP contribution in [0.2, 0.25) is 0 Å². The van der Waals surface area contributed by atoms with Crippen molar-refractivity contribution in [3.63, 3.8) is 0 Å². The van der Waals surface area contributed by atoms with E-state index in [0.717, 1.165) is 25.6 Å². The minimum Gasteiger partial charge on any atom is -0.352 e. The molecular formula is C17H25ClN4O5S. The van der Waals surface area contributed by atoms with Crippen LogP contribution < -0.4 is 10.6 Å². The molecule has 11 heteroatoms. The van der Waals surface area contributed by atoms with Crippen molar-refractivity contribution in [2.75, 3.05) is 19.6 Å². The number of benzene rings is 1. The van der Waals surface area contributed by atoms with E-state index in [1.807, 2.05) is 6.92 Å². The van der Waals surface area contributed by atoms with Gasteiger partial charge >= 0.3 is 0 Å². The summed E-state index contributed by atoms with van der Waals surface area (Å²) in [5.41, 5.74) is -0.292. The van der Waals surface area contributed by atoms with Crippen LogP contribution in [0.1, 0.15) is 26.2 Å². The van der Waals surface area contributed by atoms with Crippen molar-refractivity contribution in [3.8, 4) is 0 Å². The average Bonchev–Trinajstić information content (AvgIpc) is 3.14. The van der Waals surface area contributed by atoms with Crippen LogP contribution in [0.25, 0.3) is 0 Å². The van der Waals surface area contributed by atoms with Crippen LogP contribution in [0.5, 0.6) is 0 Å². The third kappa shape index (κ3) is 4.62. The molecule has 0 spiro atoms. The van der Waals surface area contributed by atoms with Crippen molar-refractivity contribution in [2.24, 2.45) is 5.92 Å². The fourth-order valence-corrected chi connectivity index (χ4v) is 5.39. The molecule has 0 aromatic heterocycles. The number of carbonyl (C=O) groups excluding carboxylic acids is 1. The first-order valence-corrected chi connectivity index (χ1v) is 10.5. The molecule has 0 saturated carbocycles. The maximum absolute atomic E-state index is 13.0. The highest BCUT2D eigenvalue weighted by Crippen LogP contribution is 2.28. The fourth-order valence-electron chi connectivity index (χ4n) is 3.69. The maximum Gasteiger partial charge on any atom is 0.270 e. The molecule has 1 aromatic carbocycles. The SMILES string of the molecule is CC1CNCCC1NC(=O)C1CCCN1S(=O)(=O)c1cccc([N+](=O)[O-])c1.Cl. The molecular weight excluding hydrogens is 408 g/mol. The van der Waals surface area contributed by atoms with Crippen LogP contribution in [0.15, 0.2) is 29.2 Å². The summed E-state index contributed by atoms with van der Waals surface area (Å²) >= 11 is 0. The van der Waals surface area contributed by atoms with E-state index in [1.54, 1.807) is 0 Å². The van der Waals surface area contributed by atoms with Crippen molar-refractivity contribution in [1.29, 1.82) is 0 Å². The summed E-state index contributed by atoms with van der Waals surface area (Å²) < 4.78 is 27.2. The molecule has 28 heavy (non-hydrogen) atoms. The minimum absolute atomic E-state index is 0. The Kier molecular flexibility index (Phi) is 7.38. The van der Waals surface area contributed by atoms with E-state index in [4.69, 9.17) is 0 Å². The molecule has 2 fully saturated rings. The largest absolute Gasteiger partial charge is 0.352 e. The van der Waals surface area contributed by atoms with Crippen LogP contribution in [-0.2, 0) is 14.8 Å². The molecule has 2 N–H and O–H groups in total. The first-order chi connectivity index (χ1) is 12.8. The lowest BCUT2D eigenvalue weighted by Crippen LogP contribution is -2.53. The van der Waals surface area contributed by atoms with Crippen LogP contribution in [0.4, 0.5) is 5.69 Å². The van der Waals surface area contributed by atoms with Crippen molar-refractivity contribution < 1.29 is 18.1 Å². The van der Waals surface area contributed by atoms with E-state index in [1.165, 1.54) is 22.5 Å². The third-order valence-electron chi connectivity index (χ3n) is 5.25. The second-order valence-corrected chi connectivity index (χ2v) is 9.00. The molecule has 1 amide bonds. The zero-order valence-electron chi connectivity index (χ0n) is 15.5. The average molecular weight is 433 g/mol. The highest BCUT2D eigenvalue weighted by Gasteiger charge is 2.40. The number of nitrogens with one attached hydrogen (secondary N) is 2. The van der Waals surface area contributed by atoms with Gasteiger partial charge < -0.3 is 10.6 Å². The van der Waals surface area contributed by atoms with Gasteiger partial charge in [0.1, 0.15) is 6.04 Å². The predicted octanol–water partition coefficient (Wildman–Crippen LogP) is 1.28. The summed E-state index contributed by atoms with van der Waals surface area (Å²) in [7, 11) is -3.99. The molecule has 0 radical (unpaired) electrons. The lowest BCUT2D eigenvalue weighted by atomic mass is 9.95. The van der Waals surface area contributed by atoms with Gasteiger partial charge in [-0.15, -0.1) is 12.4 Å². The Morgan fingerprint density at radius 2 is 2.11 bits per heavy atom. The molecule has 3 atom stereocenters. The Balaban J connectivity index is 0.00000280. The van der Waals surface area contributed by atoms with Gasteiger partial charge in [-0.2, -0.15) is 4.31 Å². The fraction of sp³-hybridized carbons (Fsp3) is 0.588. The molecule has 0 aliphatic carbocycles. The molecule has 156 valence electrons. The van der Waals surface area contributed by atoms with Gasteiger partial charge in [0.2, 0.25) is 15.9 Å². The Morgan fingerprint density at radius 1 is 1.36 bits per heavy atom. The monoisotopic (exact) mass is 432 g/mol. The molecule has 9 nitrogen and oxygen atoms in total. The molecule has 3 unspecified atom stereocenters. The molecule has 2 aliphatic rings. The number of carbonyl (C=O) groups is 1. The highest BCUT2D eigenvalue weighted by atomic mass is 35.5. The second-order valence-electron chi connectivity index (χ2n) is 7.11. The summed E-state index contributed by atoms with van der Waals surface area (Å²) in [5.74, 6) is -0.0220. The van der Waals surface area contributed by atoms with E-state index in [9.17, 15) is 23.3 Å². The molecule has 2 saturated heterocycles. The number of hydrogen-bond donors (Lipinski definition) is 2. The van der Waals surface area contributed by atoms with Gasteiger partial charge in [0.05, 0.1) is 9.82 Å². The smallest absolute Gasteiger partial charge is 0.270 e. The van der Waals surface area contributed by atoms with Crippen LogP contribution in [0.3, 0.4) is 0 Å². The molecule has 1 aromatic rings. The molecule has 2 heterocycles. The van der Waals surface area contributed by atoms with E-state index < -0.39 is 21.0 Å². The van der Waals surface area contributed by atoms with Crippen molar-refractivity contribution in [3.05, 3.63) is 34.4 Å². The van der Waals surface area contributed by atoms with Crippen LogP contribution in [0, 0.1) is 16.0 Å². The van der Waals surface area contributed by atoms with Crippen LogP contribution in [-0.4, -0.2) is 55.3 Å². The van der Waals surface area contributed by atoms with E-state index in [2.05, 4.69) is 10.6 Å². The summed E-state index contributed by atoms with van der Waals surface area (Å²) in [6.45, 7) is 3.90. The quantitative estimate of drug-likeness (QED) is 0.534. The first kappa shape index (κ1) is 22.5. The van der Waals surface area contributed by atoms with E-state index in [0.29, 0.717) is 12.8 Å². The highest BCUT2D eigenvalue weighted by molar-refractivity contribution is 7.89. The Hall–Kier alpha value is -1.75. The normalized spacial score (nSPS) is 25.7. The number of hydrogen-bond acceptors (Lipinski definition) is 6. The zero-order valence-corrected chi connectivity index (χ0v) is 17.2. The minimum atomic E-state index is -3.99. The van der Waals surface area contributed by atoms with Crippen molar-refractivity contribution >= 4 is 34.0 Å². The Bertz CT molecular complexity index is 835. The second kappa shape index (κ2) is 9.17. The third-order valence-corrected chi connectivity index (χ3v) is 7.16. The lowest BCUT2D eigenvalue weighted by molar-refractivity contribution is -0.385. The molecule has 3 rings (SSSR count). The van der Waals surface area contributed by atoms with Crippen LogP contribution >= 0.6 is 12.4 Å². The number of nitrogens with zero attached hydrogens (tertiary/aromatic N) is 2. The van der Waals surface area contributed by atoms with Gasteiger partial charge in [0, 0.05) is 24.7 Å². The predicted molar refractivity (Wildman–Crippen MR) is 106 cm³/mol. The van der Waals surface area contributed by atoms with E-state index in [-0.39, 0.29) is 47.4 Å². The van der Waals surface area contributed by atoms with Gasteiger partial charge in [-0.25, -0.2) is 8.42 Å². The Labute approximate surface area is 170 Å². The summed E-state index contributed by atoms with van der Waals surface area (Å²) in [6, 6.07) is 4.18. The van der Waals surface area contributed by atoms with Crippen molar-refractivity contribution in [1.82, 2.24) is 14.9 Å². The lowest BCUT2D eigenvalue weighted by Gasteiger charge is -2.32. The van der Waals surface area contributed by atoms with Crippen molar-refractivity contribution in [2.45, 2.75) is 43.2 Å².